The van der Waals surface area contributed by atoms with Gasteiger partial charge in [-0.25, -0.2) is 13.2 Å². The van der Waals surface area contributed by atoms with Crippen molar-refractivity contribution in [3.05, 3.63) is 70.0 Å². The maximum Gasteiger partial charge on any atom is 0.164 e. The molecule has 1 unspecified atom stereocenters. The smallest absolute Gasteiger partial charge is 0.164 e. The van der Waals surface area contributed by atoms with Crippen molar-refractivity contribution in [3.8, 4) is 0 Å². The molecule has 0 aliphatic heterocycles. The highest BCUT2D eigenvalue weighted by Crippen LogP contribution is 2.29. The Hall–Kier alpha value is -1.81. The monoisotopic (exact) mass is 293 g/mol. The van der Waals surface area contributed by atoms with Crippen LogP contribution in [0.5, 0.6) is 0 Å². The number of hydrogen-bond acceptors (Lipinski definition) is 1. The largest absolute Gasteiger partial charge is 0.306 e. The summed E-state index contributed by atoms with van der Waals surface area (Å²) in [6.45, 7) is 5.74. The molecule has 0 amide bonds. The molecule has 0 saturated heterocycles. The lowest BCUT2D eigenvalue weighted by Gasteiger charge is -2.22. The van der Waals surface area contributed by atoms with Crippen LogP contribution in [0.25, 0.3) is 0 Å². The number of benzene rings is 2. The minimum Gasteiger partial charge on any atom is -0.306 e. The van der Waals surface area contributed by atoms with Gasteiger partial charge in [-0.2, -0.15) is 0 Å². The van der Waals surface area contributed by atoms with Crippen molar-refractivity contribution in [2.75, 3.05) is 6.54 Å². The van der Waals surface area contributed by atoms with Crippen LogP contribution < -0.4 is 5.32 Å². The molecule has 2 rings (SSSR count). The van der Waals surface area contributed by atoms with Crippen molar-refractivity contribution in [1.82, 2.24) is 5.32 Å². The minimum absolute atomic E-state index is 0.231. The molecule has 1 atom stereocenters. The average molecular weight is 293 g/mol. The molecule has 4 heteroatoms. The third-order valence-corrected chi connectivity index (χ3v) is 3.57. The fourth-order valence-corrected chi connectivity index (χ4v) is 2.44. The van der Waals surface area contributed by atoms with E-state index in [0.29, 0.717) is 12.1 Å². The van der Waals surface area contributed by atoms with Crippen LogP contribution in [0.1, 0.15) is 35.2 Å². The van der Waals surface area contributed by atoms with Crippen LogP contribution in [0.15, 0.2) is 30.3 Å². The Morgan fingerprint density at radius 3 is 2.19 bits per heavy atom. The quantitative estimate of drug-likeness (QED) is 0.880. The fraction of sp³-hybridized carbons (Fsp3) is 0.294. The molecule has 0 radical (unpaired) electrons. The molecule has 0 aromatic heterocycles. The van der Waals surface area contributed by atoms with E-state index in [1.165, 1.54) is 19.1 Å². The molecular formula is C17H18F3N. The van der Waals surface area contributed by atoms with Crippen LogP contribution in [0.3, 0.4) is 0 Å². The zero-order valence-corrected chi connectivity index (χ0v) is 12.3. The number of nitrogens with one attached hydrogen (secondary N) is 1. The van der Waals surface area contributed by atoms with Gasteiger partial charge in [-0.3, -0.25) is 0 Å². The molecule has 112 valence electrons. The van der Waals surface area contributed by atoms with Crippen molar-refractivity contribution in [1.29, 1.82) is 0 Å². The molecule has 0 spiro atoms. The third kappa shape index (κ3) is 3.10. The Kier molecular flexibility index (Phi) is 4.68. The van der Waals surface area contributed by atoms with E-state index in [0.717, 1.165) is 5.56 Å². The highest BCUT2D eigenvalue weighted by atomic mass is 19.2. The van der Waals surface area contributed by atoms with E-state index in [4.69, 9.17) is 0 Å². The molecular weight excluding hydrogens is 275 g/mol. The van der Waals surface area contributed by atoms with Gasteiger partial charge in [0.05, 0.1) is 6.04 Å². The molecule has 0 fully saturated rings. The standard InChI is InChI=1S/C17H18F3N/c1-4-21-17(13-8-6-12(18)9-11(13)3)14-7-5-10(2)15(19)16(14)20/h5-9,17,21H,4H2,1-3H3. The topological polar surface area (TPSA) is 12.0 Å². The number of rotatable bonds is 4. The zero-order valence-electron chi connectivity index (χ0n) is 12.3. The van der Waals surface area contributed by atoms with Gasteiger partial charge in [-0.1, -0.05) is 25.1 Å². The van der Waals surface area contributed by atoms with Crippen LogP contribution in [0, 0.1) is 31.3 Å². The normalized spacial score (nSPS) is 12.5. The van der Waals surface area contributed by atoms with E-state index in [2.05, 4.69) is 5.32 Å². The van der Waals surface area contributed by atoms with Crippen molar-refractivity contribution < 1.29 is 13.2 Å². The second kappa shape index (κ2) is 6.31. The summed E-state index contributed by atoms with van der Waals surface area (Å²) in [4.78, 5) is 0. The molecule has 0 aliphatic carbocycles. The van der Waals surface area contributed by atoms with Crippen LogP contribution in [0.4, 0.5) is 13.2 Å². The van der Waals surface area contributed by atoms with Gasteiger partial charge in [-0.15, -0.1) is 0 Å². The Morgan fingerprint density at radius 1 is 0.905 bits per heavy atom. The van der Waals surface area contributed by atoms with E-state index in [1.54, 1.807) is 25.1 Å². The first-order chi connectivity index (χ1) is 9.95. The van der Waals surface area contributed by atoms with Gasteiger partial charge in [0.1, 0.15) is 5.82 Å². The summed E-state index contributed by atoms with van der Waals surface area (Å²) in [5, 5.41) is 3.13. The summed E-state index contributed by atoms with van der Waals surface area (Å²) in [5.41, 5.74) is 1.93. The summed E-state index contributed by atoms with van der Waals surface area (Å²) in [6, 6.07) is 6.94. The highest BCUT2D eigenvalue weighted by Gasteiger charge is 2.22. The van der Waals surface area contributed by atoms with Gasteiger partial charge in [0.2, 0.25) is 0 Å². The zero-order chi connectivity index (χ0) is 15.6. The maximum absolute atomic E-state index is 14.2. The predicted octanol–water partition coefficient (Wildman–Crippen LogP) is 4.42. The summed E-state index contributed by atoms with van der Waals surface area (Å²) in [5.74, 6) is -2.04. The summed E-state index contributed by atoms with van der Waals surface area (Å²) < 4.78 is 41.3. The number of aryl methyl sites for hydroxylation is 2. The van der Waals surface area contributed by atoms with Crippen LogP contribution in [0.2, 0.25) is 0 Å². The second-order valence-corrected chi connectivity index (χ2v) is 5.09. The van der Waals surface area contributed by atoms with Gasteiger partial charge in [0.25, 0.3) is 0 Å². The summed E-state index contributed by atoms with van der Waals surface area (Å²) in [6.07, 6.45) is 0. The molecule has 1 N–H and O–H groups in total. The first-order valence-electron chi connectivity index (χ1n) is 6.89. The van der Waals surface area contributed by atoms with Gasteiger partial charge < -0.3 is 5.32 Å². The summed E-state index contributed by atoms with van der Waals surface area (Å²) >= 11 is 0. The fourth-order valence-electron chi connectivity index (χ4n) is 2.44. The molecule has 1 nitrogen and oxygen atoms in total. The Morgan fingerprint density at radius 2 is 1.57 bits per heavy atom. The van der Waals surface area contributed by atoms with E-state index in [-0.39, 0.29) is 16.9 Å². The van der Waals surface area contributed by atoms with E-state index in [9.17, 15) is 13.2 Å². The lowest BCUT2D eigenvalue weighted by molar-refractivity contribution is 0.478. The lowest BCUT2D eigenvalue weighted by Crippen LogP contribution is -2.24. The van der Waals surface area contributed by atoms with E-state index >= 15 is 0 Å². The lowest BCUT2D eigenvalue weighted by atomic mass is 9.93. The molecule has 0 bridgehead atoms. The van der Waals surface area contributed by atoms with Crippen molar-refractivity contribution in [3.63, 3.8) is 0 Å². The summed E-state index contributed by atoms with van der Waals surface area (Å²) in [7, 11) is 0. The van der Waals surface area contributed by atoms with Gasteiger partial charge >= 0.3 is 0 Å². The number of hydrogen-bond donors (Lipinski definition) is 1. The Bertz CT molecular complexity index is 653. The Labute approximate surface area is 122 Å². The first kappa shape index (κ1) is 15.6. The molecule has 2 aromatic carbocycles. The third-order valence-electron chi connectivity index (χ3n) is 3.57. The van der Waals surface area contributed by atoms with Crippen LogP contribution in [-0.2, 0) is 0 Å². The van der Waals surface area contributed by atoms with Crippen molar-refractivity contribution in [2.45, 2.75) is 26.8 Å². The molecule has 21 heavy (non-hydrogen) atoms. The minimum atomic E-state index is -0.857. The SMILES string of the molecule is CCNC(c1ccc(F)cc1C)c1ccc(C)c(F)c1F. The second-order valence-electron chi connectivity index (χ2n) is 5.09. The average Bonchev–Trinajstić information content (AvgIpc) is 2.44. The van der Waals surface area contributed by atoms with Gasteiger partial charge in [0, 0.05) is 5.56 Å². The van der Waals surface area contributed by atoms with Crippen LogP contribution >= 0.6 is 0 Å². The predicted molar refractivity (Wildman–Crippen MR) is 77.8 cm³/mol. The van der Waals surface area contributed by atoms with Crippen molar-refractivity contribution >= 4 is 0 Å². The molecule has 0 aliphatic rings. The van der Waals surface area contributed by atoms with Gasteiger partial charge in [0.15, 0.2) is 11.6 Å². The van der Waals surface area contributed by atoms with E-state index in [1.807, 2.05) is 6.92 Å². The Balaban J connectivity index is 2.56. The van der Waals surface area contributed by atoms with Crippen molar-refractivity contribution in [2.24, 2.45) is 0 Å². The van der Waals surface area contributed by atoms with Gasteiger partial charge in [-0.05, 0) is 49.2 Å². The van der Waals surface area contributed by atoms with E-state index < -0.39 is 17.7 Å². The molecule has 2 aromatic rings. The van der Waals surface area contributed by atoms with Crippen LogP contribution in [-0.4, -0.2) is 6.54 Å². The number of halogens is 3. The maximum atomic E-state index is 14.2. The highest BCUT2D eigenvalue weighted by molar-refractivity contribution is 5.39. The molecule has 0 heterocycles. The molecule has 0 saturated carbocycles. The first-order valence-corrected chi connectivity index (χ1v) is 6.89.